The van der Waals surface area contributed by atoms with Gasteiger partial charge in [-0.05, 0) is 49.7 Å². The molecule has 23 heavy (non-hydrogen) atoms. The topological polar surface area (TPSA) is 50.4 Å². The lowest BCUT2D eigenvalue weighted by Crippen LogP contribution is -2.30. The maximum absolute atomic E-state index is 12.0. The summed E-state index contributed by atoms with van der Waals surface area (Å²) in [6.07, 6.45) is 0. The number of rotatable bonds is 7. The second kappa shape index (κ2) is 8.70. The molecule has 0 fully saturated rings. The Morgan fingerprint density at radius 3 is 2.52 bits per heavy atom. The van der Waals surface area contributed by atoms with Gasteiger partial charge in [0.05, 0.1) is 13.2 Å². The van der Waals surface area contributed by atoms with Crippen LogP contribution in [0.1, 0.15) is 25.5 Å². The Bertz CT molecular complexity index is 644. The first-order valence-corrected chi connectivity index (χ1v) is 8.40. The fourth-order valence-electron chi connectivity index (χ4n) is 2.19. The van der Waals surface area contributed by atoms with Gasteiger partial charge in [-0.1, -0.05) is 34.1 Å². The first-order chi connectivity index (χ1) is 11.1. The quantitative estimate of drug-likeness (QED) is 0.763. The number of amides is 1. The monoisotopic (exact) mass is 376 g/mol. The van der Waals surface area contributed by atoms with Crippen LogP contribution in [0.25, 0.3) is 0 Å². The van der Waals surface area contributed by atoms with Crippen LogP contribution >= 0.6 is 15.9 Å². The number of nitrogens with one attached hydrogen (secondary N) is 2. The smallest absolute Gasteiger partial charge is 0.238 e. The Balaban J connectivity index is 1.84. The lowest BCUT2D eigenvalue weighted by molar-refractivity contribution is -0.115. The highest BCUT2D eigenvalue weighted by Crippen LogP contribution is 2.22. The summed E-state index contributed by atoms with van der Waals surface area (Å²) in [5.74, 6) is 0.722. The SMILES string of the molecule is CCOc1ccc(NC(=O)CN[C@@H](C)c2ccccc2Br)cc1. The van der Waals surface area contributed by atoms with Crippen LogP contribution in [0.5, 0.6) is 5.75 Å². The second-order valence-corrected chi connectivity index (χ2v) is 5.98. The molecule has 0 heterocycles. The van der Waals surface area contributed by atoms with Gasteiger partial charge in [0.15, 0.2) is 0 Å². The van der Waals surface area contributed by atoms with Crippen LogP contribution in [-0.4, -0.2) is 19.1 Å². The molecule has 5 heteroatoms. The summed E-state index contributed by atoms with van der Waals surface area (Å²) >= 11 is 3.52. The van der Waals surface area contributed by atoms with E-state index in [1.54, 1.807) is 0 Å². The molecule has 0 unspecified atom stereocenters. The Labute approximate surface area is 145 Å². The van der Waals surface area contributed by atoms with Gasteiger partial charge in [0, 0.05) is 16.2 Å². The normalized spacial score (nSPS) is 11.8. The number of benzene rings is 2. The Morgan fingerprint density at radius 1 is 1.17 bits per heavy atom. The molecule has 2 rings (SSSR count). The summed E-state index contributed by atoms with van der Waals surface area (Å²) in [7, 11) is 0. The molecule has 2 N–H and O–H groups in total. The second-order valence-electron chi connectivity index (χ2n) is 5.13. The summed E-state index contributed by atoms with van der Waals surface area (Å²) < 4.78 is 6.41. The molecule has 122 valence electrons. The van der Waals surface area contributed by atoms with E-state index in [2.05, 4.69) is 26.6 Å². The van der Waals surface area contributed by atoms with Gasteiger partial charge in [0.2, 0.25) is 5.91 Å². The van der Waals surface area contributed by atoms with Crippen molar-refractivity contribution in [3.05, 3.63) is 58.6 Å². The van der Waals surface area contributed by atoms with Gasteiger partial charge in [-0.3, -0.25) is 4.79 Å². The molecule has 2 aromatic carbocycles. The Hall–Kier alpha value is -1.85. The minimum absolute atomic E-state index is 0.0759. The molecule has 0 aliphatic rings. The van der Waals surface area contributed by atoms with E-state index < -0.39 is 0 Å². The Morgan fingerprint density at radius 2 is 1.87 bits per heavy atom. The summed E-state index contributed by atoms with van der Waals surface area (Å²) in [5, 5.41) is 6.09. The summed E-state index contributed by atoms with van der Waals surface area (Å²) in [6.45, 7) is 4.84. The average Bonchev–Trinajstić information content (AvgIpc) is 2.55. The lowest BCUT2D eigenvalue weighted by Gasteiger charge is -2.15. The van der Waals surface area contributed by atoms with Crippen LogP contribution in [-0.2, 0) is 4.79 Å². The molecule has 0 bridgehead atoms. The van der Waals surface area contributed by atoms with Gasteiger partial charge < -0.3 is 15.4 Å². The zero-order chi connectivity index (χ0) is 16.7. The van der Waals surface area contributed by atoms with Crippen molar-refractivity contribution < 1.29 is 9.53 Å². The van der Waals surface area contributed by atoms with E-state index in [4.69, 9.17) is 4.74 Å². The molecule has 0 aliphatic carbocycles. The zero-order valence-corrected chi connectivity index (χ0v) is 14.9. The van der Waals surface area contributed by atoms with Crippen LogP contribution in [0, 0.1) is 0 Å². The average molecular weight is 377 g/mol. The van der Waals surface area contributed by atoms with Crippen molar-refractivity contribution in [1.29, 1.82) is 0 Å². The summed E-state index contributed by atoms with van der Waals surface area (Å²) in [5.41, 5.74) is 1.88. The summed E-state index contributed by atoms with van der Waals surface area (Å²) in [4.78, 5) is 12.0. The van der Waals surface area contributed by atoms with E-state index in [-0.39, 0.29) is 18.5 Å². The van der Waals surface area contributed by atoms with E-state index in [1.807, 2.05) is 62.4 Å². The number of carbonyl (C=O) groups excluding carboxylic acids is 1. The third kappa shape index (κ3) is 5.37. The summed E-state index contributed by atoms with van der Waals surface area (Å²) in [6, 6.07) is 15.4. The molecule has 0 aliphatic heterocycles. The first kappa shape index (κ1) is 17.5. The molecule has 1 atom stereocenters. The van der Waals surface area contributed by atoms with Crippen molar-refractivity contribution in [2.24, 2.45) is 0 Å². The molecule has 0 saturated carbocycles. The number of ether oxygens (including phenoxy) is 1. The van der Waals surface area contributed by atoms with Crippen LogP contribution < -0.4 is 15.4 Å². The van der Waals surface area contributed by atoms with Gasteiger partial charge in [-0.25, -0.2) is 0 Å². The third-order valence-electron chi connectivity index (χ3n) is 3.39. The van der Waals surface area contributed by atoms with Crippen LogP contribution in [0.3, 0.4) is 0 Å². The van der Waals surface area contributed by atoms with Crippen molar-refractivity contribution in [2.45, 2.75) is 19.9 Å². The maximum Gasteiger partial charge on any atom is 0.238 e. The number of anilines is 1. The van der Waals surface area contributed by atoms with Crippen molar-refractivity contribution >= 4 is 27.5 Å². The van der Waals surface area contributed by atoms with E-state index in [9.17, 15) is 4.79 Å². The van der Waals surface area contributed by atoms with E-state index in [0.717, 1.165) is 21.5 Å². The predicted molar refractivity (Wildman–Crippen MR) is 96.8 cm³/mol. The fourth-order valence-corrected chi connectivity index (χ4v) is 2.82. The predicted octanol–water partition coefficient (Wildman–Crippen LogP) is 4.14. The lowest BCUT2D eigenvalue weighted by atomic mass is 10.1. The zero-order valence-electron chi connectivity index (χ0n) is 13.3. The van der Waals surface area contributed by atoms with Crippen molar-refractivity contribution in [3.8, 4) is 5.75 Å². The molecule has 0 radical (unpaired) electrons. The van der Waals surface area contributed by atoms with Gasteiger partial charge in [0.1, 0.15) is 5.75 Å². The Kier molecular flexibility index (Phi) is 6.62. The highest BCUT2D eigenvalue weighted by molar-refractivity contribution is 9.10. The number of carbonyl (C=O) groups is 1. The van der Waals surface area contributed by atoms with E-state index >= 15 is 0 Å². The first-order valence-electron chi connectivity index (χ1n) is 7.60. The minimum Gasteiger partial charge on any atom is -0.494 e. The van der Waals surface area contributed by atoms with E-state index in [0.29, 0.717) is 6.61 Å². The standard InChI is InChI=1S/C18H21BrN2O2/c1-3-23-15-10-8-14(9-11-15)21-18(22)12-20-13(2)16-6-4-5-7-17(16)19/h4-11,13,20H,3,12H2,1-2H3,(H,21,22)/t13-/m0/s1. The maximum atomic E-state index is 12.0. The molecular formula is C18H21BrN2O2. The van der Waals surface area contributed by atoms with Gasteiger partial charge >= 0.3 is 0 Å². The van der Waals surface area contributed by atoms with Crippen molar-refractivity contribution in [1.82, 2.24) is 5.32 Å². The molecule has 4 nitrogen and oxygen atoms in total. The number of hydrogen-bond donors (Lipinski definition) is 2. The van der Waals surface area contributed by atoms with Crippen LogP contribution in [0.15, 0.2) is 53.0 Å². The molecule has 2 aromatic rings. The molecule has 0 saturated heterocycles. The highest BCUT2D eigenvalue weighted by atomic mass is 79.9. The van der Waals surface area contributed by atoms with Gasteiger partial charge in [-0.15, -0.1) is 0 Å². The largest absolute Gasteiger partial charge is 0.494 e. The molecule has 0 aromatic heterocycles. The van der Waals surface area contributed by atoms with Gasteiger partial charge in [-0.2, -0.15) is 0 Å². The highest BCUT2D eigenvalue weighted by Gasteiger charge is 2.10. The number of hydrogen-bond acceptors (Lipinski definition) is 3. The van der Waals surface area contributed by atoms with Crippen molar-refractivity contribution in [3.63, 3.8) is 0 Å². The van der Waals surface area contributed by atoms with Crippen molar-refractivity contribution in [2.75, 3.05) is 18.5 Å². The minimum atomic E-state index is -0.0759. The van der Waals surface area contributed by atoms with E-state index in [1.165, 1.54) is 0 Å². The van der Waals surface area contributed by atoms with Gasteiger partial charge in [0.25, 0.3) is 0 Å². The third-order valence-corrected chi connectivity index (χ3v) is 4.11. The molecular weight excluding hydrogens is 356 g/mol. The molecule has 1 amide bonds. The molecule has 0 spiro atoms. The fraction of sp³-hybridized carbons (Fsp3) is 0.278. The van der Waals surface area contributed by atoms with Crippen LogP contribution in [0.2, 0.25) is 0 Å². The number of halogens is 1. The van der Waals surface area contributed by atoms with Crippen LogP contribution in [0.4, 0.5) is 5.69 Å².